The van der Waals surface area contributed by atoms with Crippen molar-refractivity contribution in [3.8, 4) is 16.9 Å². The van der Waals surface area contributed by atoms with Crippen molar-refractivity contribution in [2.24, 2.45) is 7.05 Å². The molecule has 0 radical (unpaired) electrons. The molecule has 0 amide bonds. The van der Waals surface area contributed by atoms with Crippen molar-refractivity contribution in [1.29, 1.82) is 0 Å². The van der Waals surface area contributed by atoms with E-state index in [1.807, 2.05) is 71.5 Å². The molecule has 248 valence electrons. The number of ether oxygens (including phenoxy) is 2. The lowest BCUT2D eigenvalue weighted by Crippen LogP contribution is -2.44. The maximum atomic E-state index is 14.2. The van der Waals surface area contributed by atoms with Crippen LogP contribution in [0.2, 0.25) is 10.0 Å². The first-order valence-corrected chi connectivity index (χ1v) is 16.9. The molecule has 0 aliphatic carbocycles. The number of carbonyl (C=O) groups excluding carboxylic acids is 1. The molecule has 1 fully saturated rings. The Morgan fingerprint density at radius 3 is 2.28 bits per heavy atom. The Kier molecular flexibility index (Phi) is 10.4. The highest BCUT2D eigenvalue weighted by atomic mass is 35.5. The molecule has 3 heterocycles. The van der Waals surface area contributed by atoms with Gasteiger partial charge in [0.2, 0.25) is 0 Å². The number of hydrogen-bond donors (Lipinski definition) is 1. The van der Waals surface area contributed by atoms with Crippen LogP contribution in [0.3, 0.4) is 0 Å². The molecule has 8 nitrogen and oxygen atoms in total. The number of benzene rings is 2. The Labute approximate surface area is 282 Å². The second kappa shape index (κ2) is 14.0. The van der Waals surface area contributed by atoms with E-state index < -0.39 is 5.60 Å². The summed E-state index contributed by atoms with van der Waals surface area (Å²) in [6, 6.07) is 7.94. The van der Waals surface area contributed by atoms with Crippen LogP contribution in [0.15, 0.2) is 24.3 Å². The van der Waals surface area contributed by atoms with Gasteiger partial charge in [-0.05, 0) is 96.2 Å². The Morgan fingerprint density at radius 1 is 1.00 bits per heavy atom. The van der Waals surface area contributed by atoms with Crippen molar-refractivity contribution in [1.82, 2.24) is 24.6 Å². The fourth-order valence-electron chi connectivity index (χ4n) is 6.51. The molecule has 1 aliphatic rings. The number of hydrogen-bond acceptors (Lipinski definition) is 6. The normalized spacial score (nSPS) is 14.3. The van der Waals surface area contributed by atoms with E-state index in [-0.39, 0.29) is 5.97 Å². The quantitative estimate of drug-likeness (QED) is 0.140. The Morgan fingerprint density at radius 2 is 1.67 bits per heavy atom. The topological polar surface area (TPSA) is 73.6 Å². The molecule has 10 heteroatoms. The van der Waals surface area contributed by atoms with Gasteiger partial charge in [0.1, 0.15) is 17.0 Å². The van der Waals surface area contributed by atoms with E-state index in [1.165, 1.54) is 0 Å². The van der Waals surface area contributed by atoms with Gasteiger partial charge in [0.05, 0.1) is 22.8 Å². The van der Waals surface area contributed by atoms with Crippen molar-refractivity contribution in [3.63, 3.8) is 0 Å². The van der Waals surface area contributed by atoms with Gasteiger partial charge in [0.15, 0.2) is 0 Å². The maximum Gasteiger partial charge on any atom is 0.355 e. The third-order valence-corrected chi connectivity index (χ3v) is 9.64. The average molecular weight is 669 g/mol. The number of nitrogens with zero attached hydrogens (tertiary/aromatic N) is 4. The molecule has 1 N–H and O–H groups in total. The summed E-state index contributed by atoms with van der Waals surface area (Å²) in [6.45, 7) is 19.5. The summed E-state index contributed by atoms with van der Waals surface area (Å²) < 4.78 is 16.3. The highest BCUT2D eigenvalue weighted by Gasteiger charge is 2.31. The first-order valence-electron chi connectivity index (χ1n) is 16.2. The van der Waals surface area contributed by atoms with Gasteiger partial charge in [-0.2, -0.15) is 5.10 Å². The molecular weight excluding hydrogens is 621 g/mol. The van der Waals surface area contributed by atoms with Crippen LogP contribution in [0.5, 0.6) is 5.75 Å². The van der Waals surface area contributed by atoms with Crippen LogP contribution in [0.25, 0.3) is 22.0 Å². The number of esters is 1. The Bertz CT molecular complexity index is 1720. The lowest BCUT2D eigenvalue weighted by atomic mass is 9.98. The summed E-state index contributed by atoms with van der Waals surface area (Å²) in [5, 5.41) is 10.6. The van der Waals surface area contributed by atoms with Gasteiger partial charge < -0.3 is 19.4 Å². The molecule has 46 heavy (non-hydrogen) atoms. The number of aromatic nitrogens is 3. The zero-order valence-corrected chi connectivity index (χ0v) is 30.0. The lowest BCUT2D eigenvalue weighted by Gasteiger charge is -2.28. The van der Waals surface area contributed by atoms with Gasteiger partial charge in [0.25, 0.3) is 0 Å². The van der Waals surface area contributed by atoms with E-state index in [2.05, 4.69) is 27.8 Å². The van der Waals surface area contributed by atoms with Crippen molar-refractivity contribution in [2.45, 2.75) is 73.5 Å². The van der Waals surface area contributed by atoms with Crippen molar-refractivity contribution in [2.75, 3.05) is 39.3 Å². The van der Waals surface area contributed by atoms with Crippen LogP contribution in [-0.4, -0.2) is 70.1 Å². The van der Waals surface area contributed by atoms with Crippen molar-refractivity contribution >= 4 is 40.1 Å². The number of carbonyl (C=O) groups is 1. The highest BCUT2D eigenvalue weighted by Crippen LogP contribution is 2.42. The summed E-state index contributed by atoms with van der Waals surface area (Å²) in [4.78, 5) is 16.6. The standard InChI is InChI=1S/C36H47Cl2N5O3/c1-22-20-26(21-23(2)32(22)38)45-19-9-10-27-28-11-12-29(37)31(30-24(3)40-41(8)25(30)4)33(28)43(18-17-42-15-13-39-14-16-42)34(27)35(44)46-36(5,6)7/h11-12,20-21,39H,9-10,13-19H2,1-8H3. The van der Waals surface area contributed by atoms with Crippen LogP contribution in [-0.2, 0) is 24.8 Å². The summed E-state index contributed by atoms with van der Waals surface area (Å²) in [5.74, 6) is 0.465. The van der Waals surface area contributed by atoms with Crippen LogP contribution >= 0.6 is 23.2 Å². The van der Waals surface area contributed by atoms with Gasteiger partial charge in [0, 0.05) is 73.5 Å². The van der Waals surface area contributed by atoms with Gasteiger partial charge in [-0.1, -0.05) is 29.3 Å². The van der Waals surface area contributed by atoms with E-state index >= 15 is 0 Å². The molecular formula is C36H47Cl2N5O3. The number of halogens is 2. The molecule has 0 saturated carbocycles. The first kappa shape index (κ1) is 34.3. The highest BCUT2D eigenvalue weighted by molar-refractivity contribution is 6.35. The lowest BCUT2D eigenvalue weighted by molar-refractivity contribution is 0.00561. The summed E-state index contributed by atoms with van der Waals surface area (Å²) >= 11 is 13.5. The van der Waals surface area contributed by atoms with Crippen LogP contribution < -0.4 is 10.1 Å². The zero-order chi connectivity index (χ0) is 33.3. The molecule has 0 atom stereocenters. The summed E-state index contributed by atoms with van der Waals surface area (Å²) in [7, 11) is 1.95. The number of piperazine rings is 1. The van der Waals surface area contributed by atoms with Crippen LogP contribution in [0, 0.1) is 27.7 Å². The number of rotatable bonds is 10. The summed E-state index contributed by atoms with van der Waals surface area (Å²) in [6.07, 6.45) is 1.33. The molecule has 0 spiro atoms. The molecule has 5 rings (SSSR count). The molecule has 1 aliphatic heterocycles. The number of nitrogens with one attached hydrogen (secondary N) is 1. The first-order chi connectivity index (χ1) is 21.8. The molecule has 4 aromatic rings. The minimum Gasteiger partial charge on any atom is -0.494 e. The van der Waals surface area contributed by atoms with E-state index in [1.54, 1.807) is 0 Å². The van der Waals surface area contributed by atoms with E-state index in [0.29, 0.717) is 36.7 Å². The van der Waals surface area contributed by atoms with Gasteiger partial charge in [-0.25, -0.2) is 4.79 Å². The third-order valence-electron chi connectivity index (χ3n) is 8.73. The maximum absolute atomic E-state index is 14.2. The molecule has 0 unspecified atom stereocenters. The third kappa shape index (κ3) is 7.25. The van der Waals surface area contributed by atoms with Crippen LogP contribution in [0.1, 0.15) is 65.8 Å². The van der Waals surface area contributed by atoms with Crippen molar-refractivity contribution < 1.29 is 14.3 Å². The molecule has 2 aromatic heterocycles. The predicted molar refractivity (Wildman–Crippen MR) is 188 cm³/mol. The monoisotopic (exact) mass is 667 g/mol. The van der Waals surface area contributed by atoms with Gasteiger partial charge in [-0.3, -0.25) is 9.58 Å². The number of aryl methyl sites for hydroxylation is 5. The minimum absolute atomic E-state index is 0.328. The van der Waals surface area contributed by atoms with Crippen molar-refractivity contribution in [3.05, 3.63) is 68.1 Å². The SMILES string of the molecule is Cc1cc(OCCCc2c(C(=O)OC(C)(C)C)n(CCN3CCNCC3)c3c(-c4c(C)nn(C)c4C)c(Cl)ccc23)cc(C)c1Cl. The minimum atomic E-state index is -0.654. The molecule has 0 bridgehead atoms. The zero-order valence-electron chi connectivity index (χ0n) is 28.4. The smallest absolute Gasteiger partial charge is 0.355 e. The summed E-state index contributed by atoms with van der Waals surface area (Å²) in [5.41, 5.74) is 7.62. The number of fused-ring (bicyclic) bond motifs is 1. The second-order valence-corrected chi connectivity index (χ2v) is 14.2. The average Bonchev–Trinajstić information content (AvgIpc) is 3.44. The van der Waals surface area contributed by atoms with E-state index in [0.717, 1.165) is 93.6 Å². The Balaban J connectivity index is 1.63. The predicted octanol–water partition coefficient (Wildman–Crippen LogP) is 7.45. The van der Waals surface area contributed by atoms with E-state index in [9.17, 15) is 4.79 Å². The largest absolute Gasteiger partial charge is 0.494 e. The second-order valence-electron chi connectivity index (χ2n) is 13.4. The Hall–Kier alpha value is -3.04. The molecule has 1 saturated heterocycles. The fourth-order valence-corrected chi connectivity index (χ4v) is 6.86. The fraction of sp³-hybridized carbons (Fsp3) is 0.500. The van der Waals surface area contributed by atoms with Crippen LogP contribution in [0.4, 0.5) is 0 Å². The molecule has 2 aromatic carbocycles. The van der Waals surface area contributed by atoms with E-state index in [4.69, 9.17) is 37.8 Å². The van der Waals surface area contributed by atoms with Gasteiger partial charge in [-0.15, -0.1) is 0 Å². The van der Waals surface area contributed by atoms with Gasteiger partial charge >= 0.3 is 5.97 Å².